The van der Waals surface area contributed by atoms with Crippen molar-refractivity contribution in [2.24, 2.45) is 17.8 Å². The van der Waals surface area contributed by atoms with E-state index in [2.05, 4.69) is 18.2 Å². The van der Waals surface area contributed by atoms with Gasteiger partial charge in [-0.15, -0.1) is 0 Å². The van der Waals surface area contributed by atoms with Crippen LogP contribution in [0.1, 0.15) is 54.9 Å². The molecule has 3 aliphatic rings. The third-order valence-corrected chi connectivity index (χ3v) is 5.44. The lowest BCUT2D eigenvalue weighted by atomic mass is 9.86. The van der Waals surface area contributed by atoms with Crippen LogP contribution in [0, 0.1) is 17.8 Å². The van der Waals surface area contributed by atoms with Crippen molar-refractivity contribution in [1.29, 1.82) is 0 Å². The highest BCUT2D eigenvalue weighted by Gasteiger charge is 2.47. The highest BCUT2D eigenvalue weighted by molar-refractivity contribution is 5.35. The third-order valence-electron chi connectivity index (χ3n) is 5.44. The number of aliphatic hydroxyl groups is 1. The van der Waals surface area contributed by atoms with Gasteiger partial charge in [0, 0.05) is 0 Å². The molecular formula is C17H22O. The quantitative estimate of drug-likeness (QED) is 0.839. The molecule has 2 saturated carbocycles. The molecule has 18 heavy (non-hydrogen) atoms. The van der Waals surface area contributed by atoms with Crippen molar-refractivity contribution in [3.63, 3.8) is 0 Å². The largest absolute Gasteiger partial charge is 0.388 e. The molecule has 1 N–H and O–H groups in total. The van der Waals surface area contributed by atoms with E-state index in [9.17, 15) is 5.11 Å². The van der Waals surface area contributed by atoms with Crippen molar-refractivity contribution in [2.45, 2.75) is 51.0 Å². The molecule has 1 aromatic rings. The smallest absolute Gasteiger partial charge is 0.0818 e. The minimum Gasteiger partial charge on any atom is -0.388 e. The molecule has 3 atom stereocenters. The number of benzene rings is 1. The lowest BCUT2D eigenvalue weighted by Crippen LogP contribution is -2.12. The van der Waals surface area contributed by atoms with Crippen molar-refractivity contribution in [1.82, 2.24) is 0 Å². The van der Waals surface area contributed by atoms with Crippen LogP contribution in [0.15, 0.2) is 18.2 Å². The maximum atomic E-state index is 10.6. The van der Waals surface area contributed by atoms with Gasteiger partial charge in [-0.25, -0.2) is 0 Å². The van der Waals surface area contributed by atoms with E-state index in [1.54, 1.807) is 0 Å². The van der Waals surface area contributed by atoms with Crippen LogP contribution in [-0.2, 0) is 12.8 Å². The molecule has 3 aliphatic carbocycles. The molecule has 0 aliphatic heterocycles. The van der Waals surface area contributed by atoms with Gasteiger partial charge < -0.3 is 5.11 Å². The van der Waals surface area contributed by atoms with Crippen LogP contribution in [-0.4, -0.2) is 5.11 Å². The van der Waals surface area contributed by atoms with Crippen LogP contribution in [0.25, 0.3) is 0 Å². The Balaban J connectivity index is 1.56. The van der Waals surface area contributed by atoms with Crippen LogP contribution >= 0.6 is 0 Å². The number of aliphatic hydroxyl groups excluding tert-OH is 1. The maximum absolute atomic E-state index is 10.6. The summed E-state index contributed by atoms with van der Waals surface area (Å²) >= 11 is 0. The van der Waals surface area contributed by atoms with E-state index in [0.29, 0.717) is 5.92 Å². The lowest BCUT2D eigenvalue weighted by Gasteiger charge is -2.23. The number of aryl methyl sites for hydroxylation is 2. The second kappa shape index (κ2) is 4.09. The first-order valence-electron chi connectivity index (χ1n) is 7.61. The summed E-state index contributed by atoms with van der Waals surface area (Å²) in [6.45, 7) is 0. The second-order valence-electron chi connectivity index (χ2n) is 6.67. The molecule has 2 fully saturated rings. The molecule has 1 aromatic carbocycles. The van der Waals surface area contributed by atoms with E-state index in [-0.39, 0.29) is 6.10 Å². The summed E-state index contributed by atoms with van der Waals surface area (Å²) in [5, 5.41) is 10.6. The van der Waals surface area contributed by atoms with E-state index in [1.807, 2.05) is 0 Å². The van der Waals surface area contributed by atoms with Gasteiger partial charge in [0.2, 0.25) is 0 Å². The van der Waals surface area contributed by atoms with Gasteiger partial charge in [0.05, 0.1) is 6.10 Å². The molecule has 0 radical (unpaired) electrons. The summed E-state index contributed by atoms with van der Waals surface area (Å²) in [7, 11) is 0. The van der Waals surface area contributed by atoms with Crippen molar-refractivity contribution < 1.29 is 5.11 Å². The molecule has 4 rings (SSSR count). The number of hydrogen-bond donors (Lipinski definition) is 1. The van der Waals surface area contributed by atoms with E-state index >= 15 is 0 Å². The minimum absolute atomic E-state index is 0.204. The number of hydrogen-bond acceptors (Lipinski definition) is 1. The van der Waals surface area contributed by atoms with Gasteiger partial charge in [0.1, 0.15) is 0 Å². The number of fused-ring (bicyclic) bond motifs is 2. The van der Waals surface area contributed by atoms with E-state index in [4.69, 9.17) is 0 Å². The van der Waals surface area contributed by atoms with Crippen LogP contribution in [0.2, 0.25) is 0 Å². The number of rotatable bonds is 2. The topological polar surface area (TPSA) is 20.2 Å². The Labute approximate surface area is 109 Å². The minimum atomic E-state index is -0.204. The van der Waals surface area contributed by atoms with Gasteiger partial charge in [-0.2, -0.15) is 0 Å². The molecule has 96 valence electrons. The zero-order valence-electron chi connectivity index (χ0n) is 10.9. The first-order chi connectivity index (χ1) is 8.81. The lowest BCUT2D eigenvalue weighted by molar-refractivity contribution is 0.104. The molecule has 0 amide bonds. The molecule has 0 saturated heterocycles. The zero-order valence-corrected chi connectivity index (χ0v) is 10.9. The van der Waals surface area contributed by atoms with Crippen molar-refractivity contribution >= 4 is 0 Å². The van der Waals surface area contributed by atoms with Gasteiger partial charge in [-0.1, -0.05) is 18.2 Å². The molecule has 0 spiro atoms. The fourth-order valence-corrected chi connectivity index (χ4v) is 4.23. The highest BCUT2D eigenvalue weighted by atomic mass is 16.3. The predicted octanol–water partition coefficient (Wildman–Crippen LogP) is 3.64. The summed E-state index contributed by atoms with van der Waals surface area (Å²) in [6, 6.07) is 6.74. The molecule has 0 bridgehead atoms. The van der Waals surface area contributed by atoms with Gasteiger partial charge in [0.15, 0.2) is 0 Å². The van der Waals surface area contributed by atoms with E-state index in [0.717, 1.165) is 11.8 Å². The third kappa shape index (κ3) is 1.80. The Morgan fingerprint density at radius 1 is 0.944 bits per heavy atom. The van der Waals surface area contributed by atoms with Crippen LogP contribution in [0.5, 0.6) is 0 Å². The predicted molar refractivity (Wildman–Crippen MR) is 72.4 cm³/mol. The first kappa shape index (κ1) is 11.0. The van der Waals surface area contributed by atoms with E-state index < -0.39 is 0 Å². The summed E-state index contributed by atoms with van der Waals surface area (Å²) < 4.78 is 0. The average Bonchev–Trinajstić information content (AvgIpc) is 3.04. The Morgan fingerprint density at radius 3 is 2.44 bits per heavy atom. The SMILES string of the molecule is OC(c1ccc2c(c1)CCCC2)C1CC2CC2C1. The van der Waals surface area contributed by atoms with Crippen LogP contribution in [0.4, 0.5) is 0 Å². The second-order valence-corrected chi connectivity index (χ2v) is 6.67. The fraction of sp³-hybridized carbons (Fsp3) is 0.647. The maximum Gasteiger partial charge on any atom is 0.0818 e. The summed E-state index contributed by atoms with van der Waals surface area (Å²) in [4.78, 5) is 0. The molecule has 3 unspecified atom stereocenters. The van der Waals surface area contributed by atoms with Gasteiger partial charge in [-0.3, -0.25) is 0 Å². The Morgan fingerprint density at radius 2 is 1.67 bits per heavy atom. The molecular weight excluding hydrogens is 220 g/mol. The Hall–Kier alpha value is -0.820. The van der Waals surface area contributed by atoms with Crippen molar-refractivity contribution in [3.8, 4) is 0 Å². The fourth-order valence-electron chi connectivity index (χ4n) is 4.23. The molecule has 0 heterocycles. The molecule has 0 aromatic heterocycles. The summed E-state index contributed by atoms with van der Waals surface area (Å²) in [6.07, 6.45) is 8.87. The monoisotopic (exact) mass is 242 g/mol. The van der Waals surface area contributed by atoms with E-state index in [1.165, 1.54) is 61.6 Å². The first-order valence-corrected chi connectivity index (χ1v) is 7.61. The highest BCUT2D eigenvalue weighted by Crippen LogP contribution is 2.57. The van der Waals surface area contributed by atoms with Crippen molar-refractivity contribution in [3.05, 3.63) is 34.9 Å². The van der Waals surface area contributed by atoms with Crippen LogP contribution in [0.3, 0.4) is 0 Å². The van der Waals surface area contributed by atoms with Gasteiger partial charge >= 0.3 is 0 Å². The molecule has 1 heteroatoms. The average molecular weight is 242 g/mol. The summed E-state index contributed by atoms with van der Waals surface area (Å²) in [5.74, 6) is 2.46. The normalized spacial score (nSPS) is 34.8. The Kier molecular flexibility index (Phi) is 2.51. The standard InChI is InChI=1S/C17H22O/c18-17(16-9-14-8-15(14)10-16)13-6-5-11-3-1-2-4-12(11)7-13/h5-7,14-18H,1-4,8-10H2. The van der Waals surface area contributed by atoms with Gasteiger partial charge in [-0.05, 0) is 79.4 Å². The zero-order chi connectivity index (χ0) is 12.1. The summed E-state index contributed by atoms with van der Waals surface area (Å²) in [5.41, 5.74) is 4.20. The Bertz CT molecular complexity index is 455. The van der Waals surface area contributed by atoms with Crippen molar-refractivity contribution in [2.75, 3.05) is 0 Å². The van der Waals surface area contributed by atoms with Gasteiger partial charge in [0.25, 0.3) is 0 Å². The molecule has 1 nitrogen and oxygen atoms in total. The van der Waals surface area contributed by atoms with Crippen LogP contribution < -0.4 is 0 Å².